The van der Waals surface area contributed by atoms with Crippen molar-refractivity contribution in [3.05, 3.63) is 42.5 Å². The van der Waals surface area contributed by atoms with Crippen LogP contribution in [0.15, 0.2) is 47.5 Å². The van der Waals surface area contributed by atoms with Gasteiger partial charge < -0.3 is 21.1 Å². The molecular weight excluding hydrogens is 332 g/mol. The molecule has 0 bridgehead atoms. The van der Waals surface area contributed by atoms with Crippen molar-refractivity contribution in [1.82, 2.24) is 0 Å². The summed E-state index contributed by atoms with van der Waals surface area (Å²) < 4.78 is 0. The van der Waals surface area contributed by atoms with Gasteiger partial charge in [-0.15, -0.1) is 0 Å². The topological polar surface area (TPSA) is 103 Å². The maximum Gasteiger partial charge on any atom is 0.323 e. The van der Waals surface area contributed by atoms with Crippen molar-refractivity contribution in [2.24, 2.45) is 10.9 Å². The first-order valence-electron chi connectivity index (χ1n) is 8.21. The number of hydrogen-bond donors (Lipinski definition) is 4. The molecule has 4 N–H and O–H groups in total. The maximum atomic E-state index is 12.0. The predicted octanol–water partition coefficient (Wildman–Crippen LogP) is 4.35. The molecule has 1 atom stereocenters. The van der Waals surface area contributed by atoms with Crippen molar-refractivity contribution in [2.75, 3.05) is 16.0 Å². The summed E-state index contributed by atoms with van der Waals surface area (Å²) in [7, 11) is 0. The van der Waals surface area contributed by atoms with Gasteiger partial charge in [-0.25, -0.2) is 4.79 Å². The Balaban J connectivity index is 1.99. The highest BCUT2D eigenvalue weighted by Gasteiger charge is 2.12. The quantitative estimate of drug-likeness (QED) is 0.458. The van der Waals surface area contributed by atoms with Gasteiger partial charge in [0, 0.05) is 23.4 Å². The third-order valence-electron chi connectivity index (χ3n) is 3.88. The smallest absolute Gasteiger partial charge is 0.323 e. The minimum atomic E-state index is -0.504. The van der Waals surface area contributed by atoms with Gasteiger partial charge in [0.2, 0.25) is 5.91 Å². The molecule has 7 nitrogen and oxygen atoms in total. The number of urea groups is 1. The standard InChI is InChI=1S/C19H22N4O3/c1-4-12(2)18(25)21-15-9-10-16(17(24)11-15)23-19(26)22-14-7-5-13(20-3)6-8-14/h5-12,24H,3-4H2,1-2H3,(H,21,25)(H2,22,23,26). The molecule has 0 aliphatic heterocycles. The van der Waals surface area contributed by atoms with Gasteiger partial charge in [0.25, 0.3) is 0 Å². The van der Waals surface area contributed by atoms with Crippen molar-refractivity contribution in [1.29, 1.82) is 0 Å². The molecule has 0 aromatic heterocycles. The lowest BCUT2D eigenvalue weighted by Gasteiger charge is -2.13. The van der Waals surface area contributed by atoms with Crippen LogP contribution in [0.3, 0.4) is 0 Å². The summed E-state index contributed by atoms with van der Waals surface area (Å²) in [6.45, 7) is 7.17. The second-order valence-corrected chi connectivity index (χ2v) is 5.81. The van der Waals surface area contributed by atoms with Crippen molar-refractivity contribution >= 4 is 41.4 Å². The van der Waals surface area contributed by atoms with Crippen LogP contribution in [0, 0.1) is 5.92 Å². The summed E-state index contributed by atoms with van der Waals surface area (Å²) in [4.78, 5) is 27.7. The number of carbonyl (C=O) groups excluding carboxylic acids is 2. The van der Waals surface area contributed by atoms with E-state index in [1.165, 1.54) is 12.1 Å². The third-order valence-corrected chi connectivity index (χ3v) is 3.88. The number of anilines is 3. The van der Waals surface area contributed by atoms with E-state index < -0.39 is 6.03 Å². The largest absolute Gasteiger partial charge is 0.506 e. The zero-order chi connectivity index (χ0) is 19.1. The molecule has 2 rings (SSSR count). The third kappa shape index (κ3) is 5.07. The molecule has 0 aliphatic rings. The molecule has 0 aliphatic carbocycles. The van der Waals surface area contributed by atoms with Crippen LogP contribution >= 0.6 is 0 Å². The number of nitrogens with zero attached hydrogens (tertiary/aromatic N) is 1. The number of phenols is 1. The first-order chi connectivity index (χ1) is 12.4. The fourth-order valence-electron chi connectivity index (χ4n) is 2.10. The predicted molar refractivity (Wildman–Crippen MR) is 104 cm³/mol. The Hall–Kier alpha value is -3.35. The Morgan fingerprint density at radius 3 is 2.31 bits per heavy atom. The molecule has 0 saturated carbocycles. The Morgan fingerprint density at radius 2 is 1.73 bits per heavy atom. The van der Waals surface area contributed by atoms with Gasteiger partial charge in [-0.1, -0.05) is 13.8 Å². The highest BCUT2D eigenvalue weighted by atomic mass is 16.3. The van der Waals surface area contributed by atoms with Crippen LogP contribution in [0.4, 0.5) is 27.5 Å². The number of phenolic OH excluding ortho intramolecular Hbond substituents is 1. The number of aliphatic imine (C=N–C) groups is 1. The number of carbonyl (C=O) groups is 2. The SMILES string of the molecule is C=Nc1ccc(NC(=O)Nc2ccc(NC(=O)C(C)CC)cc2O)cc1. The average molecular weight is 354 g/mol. The lowest BCUT2D eigenvalue weighted by atomic mass is 10.1. The van der Waals surface area contributed by atoms with Crippen LogP contribution < -0.4 is 16.0 Å². The van der Waals surface area contributed by atoms with Gasteiger partial charge in [-0.2, -0.15) is 0 Å². The van der Waals surface area contributed by atoms with Gasteiger partial charge in [-0.05, 0) is 49.5 Å². The van der Waals surface area contributed by atoms with Crippen molar-refractivity contribution in [2.45, 2.75) is 20.3 Å². The summed E-state index contributed by atoms with van der Waals surface area (Å²) in [5, 5.41) is 18.0. The number of rotatable bonds is 6. The van der Waals surface area contributed by atoms with E-state index in [1.807, 2.05) is 13.8 Å². The lowest BCUT2D eigenvalue weighted by molar-refractivity contribution is -0.119. The molecule has 1 unspecified atom stereocenters. The normalized spacial score (nSPS) is 11.3. The van der Waals surface area contributed by atoms with Crippen LogP contribution in [0.2, 0.25) is 0 Å². The Kier molecular flexibility index (Phi) is 6.32. The summed E-state index contributed by atoms with van der Waals surface area (Å²) >= 11 is 0. The molecule has 26 heavy (non-hydrogen) atoms. The van der Waals surface area contributed by atoms with Crippen molar-refractivity contribution in [3.63, 3.8) is 0 Å². The fraction of sp³-hybridized carbons (Fsp3) is 0.211. The monoisotopic (exact) mass is 354 g/mol. The highest BCUT2D eigenvalue weighted by Crippen LogP contribution is 2.27. The van der Waals surface area contributed by atoms with Crippen LogP contribution in [0.25, 0.3) is 0 Å². The molecule has 7 heteroatoms. The molecule has 2 aromatic carbocycles. The molecule has 0 heterocycles. The molecule has 0 saturated heterocycles. The van der Waals surface area contributed by atoms with Gasteiger partial charge in [0.15, 0.2) is 0 Å². The van der Waals surface area contributed by atoms with E-state index in [-0.39, 0.29) is 23.3 Å². The van der Waals surface area contributed by atoms with E-state index in [0.717, 1.165) is 6.42 Å². The second kappa shape index (κ2) is 8.66. The first-order valence-corrected chi connectivity index (χ1v) is 8.21. The summed E-state index contributed by atoms with van der Waals surface area (Å²) in [5.41, 5.74) is 1.97. The van der Waals surface area contributed by atoms with E-state index in [2.05, 4.69) is 27.7 Å². The maximum absolute atomic E-state index is 12.0. The van der Waals surface area contributed by atoms with Gasteiger partial charge in [0.05, 0.1) is 11.4 Å². The molecule has 3 amide bonds. The number of hydrogen-bond acceptors (Lipinski definition) is 4. The average Bonchev–Trinajstić information content (AvgIpc) is 2.63. The summed E-state index contributed by atoms with van der Waals surface area (Å²) in [6.07, 6.45) is 0.724. The Bertz CT molecular complexity index is 803. The number of nitrogens with one attached hydrogen (secondary N) is 3. The van der Waals surface area contributed by atoms with Crippen molar-refractivity contribution < 1.29 is 14.7 Å². The molecule has 136 valence electrons. The van der Waals surface area contributed by atoms with E-state index in [0.29, 0.717) is 17.1 Å². The van der Waals surface area contributed by atoms with E-state index >= 15 is 0 Å². The highest BCUT2D eigenvalue weighted by molar-refractivity contribution is 6.01. The van der Waals surface area contributed by atoms with Crippen LogP contribution in [0.5, 0.6) is 5.75 Å². The number of aromatic hydroxyl groups is 1. The Morgan fingerprint density at radius 1 is 1.08 bits per heavy atom. The molecule has 0 fully saturated rings. The summed E-state index contributed by atoms with van der Waals surface area (Å²) in [5.74, 6) is -0.389. The van der Waals surface area contributed by atoms with Crippen molar-refractivity contribution in [3.8, 4) is 5.75 Å². The molecular formula is C19H22N4O3. The number of amides is 3. The zero-order valence-electron chi connectivity index (χ0n) is 14.7. The van der Waals surface area contributed by atoms with Gasteiger partial charge >= 0.3 is 6.03 Å². The van der Waals surface area contributed by atoms with E-state index in [1.54, 1.807) is 30.3 Å². The molecule has 0 radical (unpaired) electrons. The number of benzene rings is 2. The molecule has 2 aromatic rings. The van der Waals surface area contributed by atoms with Crippen LogP contribution in [0.1, 0.15) is 20.3 Å². The molecule has 0 spiro atoms. The Labute approximate surface area is 152 Å². The van der Waals surface area contributed by atoms with Crippen LogP contribution in [-0.2, 0) is 4.79 Å². The minimum Gasteiger partial charge on any atom is -0.506 e. The first kappa shape index (κ1) is 19.0. The fourth-order valence-corrected chi connectivity index (χ4v) is 2.10. The zero-order valence-corrected chi connectivity index (χ0v) is 14.7. The van der Waals surface area contributed by atoms with Gasteiger partial charge in [-0.3, -0.25) is 9.79 Å². The lowest BCUT2D eigenvalue weighted by Crippen LogP contribution is -2.20. The summed E-state index contributed by atoms with van der Waals surface area (Å²) in [6, 6.07) is 10.8. The van der Waals surface area contributed by atoms with E-state index in [4.69, 9.17) is 0 Å². The van der Waals surface area contributed by atoms with E-state index in [9.17, 15) is 14.7 Å². The second-order valence-electron chi connectivity index (χ2n) is 5.81. The van der Waals surface area contributed by atoms with Gasteiger partial charge in [0.1, 0.15) is 5.75 Å². The minimum absolute atomic E-state index is 0.122. The van der Waals surface area contributed by atoms with Crippen LogP contribution in [-0.4, -0.2) is 23.8 Å².